The van der Waals surface area contributed by atoms with Crippen LogP contribution in [-0.2, 0) is 4.79 Å². The maximum absolute atomic E-state index is 12.2. The Labute approximate surface area is 112 Å². The zero-order valence-electron chi connectivity index (χ0n) is 12.2. The van der Waals surface area contributed by atoms with Crippen LogP contribution in [0.5, 0.6) is 0 Å². The maximum Gasteiger partial charge on any atom is 0.249 e. The number of hydrogen-bond acceptors (Lipinski definition) is 2. The first-order chi connectivity index (χ1) is 8.67. The van der Waals surface area contributed by atoms with Crippen molar-refractivity contribution in [3.05, 3.63) is 12.2 Å². The summed E-state index contributed by atoms with van der Waals surface area (Å²) in [7, 11) is 0. The topological polar surface area (TPSA) is 46.3 Å². The molecular formula is C15H30N2O. The van der Waals surface area contributed by atoms with Crippen LogP contribution in [0.3, 0.4) is 0 Å². The Morgan fingerprint density at radius 3 is 2.06 bits per heavy atom. The number of unbranched alkanes of at least 4 members (excludes halogenated alkanes) is 3. The minimum atomic E-state index is 0.147. The van der Waals surface area contributed by atoms with Gasteiger partial charge >= 0.3 is 0 Å². The zero-order chi connectivity index (χ0) is 13.8. The molecule has 0 aromatic rings. The van der Waals surface area contributed by atoms with Gasteiger partial charge in [0, 0.05) is 18.7 Å². The van der Waals surface area contributed by atoms with Crippen molar-refractivity contribution in [1.29, 1.82) is 0 Å². The molecule has 2 N–H and O–H groups in total. The van der Waals surface area contributed by atoms with E-state index < -0.39 is 0 Å². The number of rotatable bonds is 11. The van der Waals surface area contributed by atoms with Gasteiger partial charge in [0.2, 0.25) is 5.91 Å². The van der Waals surface area contributed by atoms with E-state index in [1.165, 1.54) is 0 Å². The summed E-state index contributed by atoms with van der Waals surface area (Å²) >= 11 is 0. The Bertz CT molecular complexity index is 231. The summed E-state index contributed by atoms with van der Waals surface area (Å²) in [4.78, 5) is 14.2. The van der Waals surface area contributed by atoms with Gasteiger partial charge in [-0.3, -0.25) is 4.79 Å². The van der Waals surface area contributed by atoms with Gasteiger partial charge in [-0.1, -0.05) is 33.3 Å². The van der Waals surface area contributed by atoms with E-state index in [-0.39, 0.29) is 5.91 Å². The van der Waals surface area contributed by atoms with Gasteiger partial charge in [-0.25, -0.2) is 0 Å². The molecule has 0 aliphatic heterocycles. The fourth-order valence-corrected chi connectivity index (χ4v) is 1.83. The molecule has 0 fully saturated rings. The van der Waals surface area contributed by atoms with Crippen molar-refractivity contribution in [2.75, 3.05) is 19.6 Å². The predicted molar refractivity (Wildman–Crippen MR) is 78.4 cm³/mol. The molecule has 106 valence electrons. The molecule has 18 heavy (non-hydrogen) atoms. The van der Waals surface area contributed by atoms with Gasteiger partial charge in [-0.2, -0.15) is 0 Å². The summed E-state index contributed by atoms with van der Waals surface area (Å²) in [5.41, 5.74) is 6.20. The van der Waals surface area contributed by atoms with E-state index in [1.54, 1.807) is 0 Å². The molecule has 3 heteroatoms. The van der Waals surface area contributed by atoms with E-state index in [2.05, 4.69) is 20.4 Å². The molecule has 0 radical (unpaired) electrons. The summed E-state index contributed by atoms with van der Waals surface area (Å²) in [5.74, 6) is 0.147. The Kier molecular flexibility index (Phi) is 10.8. The van der Waals surface area contributed by atoms with Crippen LogP contribution in [0.2, 0.25) is 0 Å². The number of carbonyl (C=O) groups is 1. The molecule has 0 aromatic carbocycles. The van der Waals surface area contributed by atoms with Crippen molar-refractivity contribution in [1.82, 2.24) is 4.90 Å². The first-order valence-corrected chi connectivity index (χ1v) is 7.34. The normalized spacial score (nSPS) is 10.4. The lowest BCUT2D eigenvalue weighted by atomic mass is 10.1. The molecule has 0 bridgehead atoms. The van der Waals surface area contributed by atoms with Crippen LogP contribution in [0.1, 0.15) is 58.8 Å². The monoisotopic (exact) mass is 254 g/mol. The molecule has 1 amide bonds. The number of hydrogen-bond donors (Lipinski definition) is 1. The summed E-state index contributed by atoms with van der Waals surface area (Å²) < 4.78 is 0. The van der Waals surface area contributed by atoms with Gasteiger partial charge in [-0.15, -0.1) is 0 Å². The molecule has 0 spiro atoms. The SMILES string of the molecule is C=C(CCCCN)C(=O)N(CCCC)CCCC. The molecule has 0 saturated carbocycles. The van der Waals surface area contributed by atoms with Crippen molar-refractivity contribution >= 4 is 5.91 Å². The third-order valence-electron chi connectivity index (χ3n) is 3.09. The minimum absolute atomic E-state index is 0.147. The Morgan fingerprint density at radius 1 is 1.06 bits per heavy atom. The van der Waals surface area contributed by atoms with Gasteiger partial charge in [0.05, 0.1) is 0 Å². The average molecular weight is 254 g/mol. The summed E-state index contributed by atoms with van der Waals surface area (Å²) in [6.45, 7) is 10.7. The van der Waals surface area contributed by atoms with Gasteiger partial charge in [0.25, 0.3) is 0 Å². The molecule has 0 aliphatic carbocycles. The molecule has 0 rings (SSSR count). The third-order valence-corrected chi connectivity index (χ3v) is 3.09. The smallest absolute Gasteiger partial charge is 0.249 e. The van der Waals surface area contributed by atoms with Crippen LogP contribution in [0, 0.1) is 0 Å². The van der Waals surface area contributed by atoms with Crippen molar-refractivity contribution in [3.63, 3.8) is 0 Å². The number of nitrogens with two attached hydrogens (primary N) is 1. The summed E-state index contributed by atoms with van der Waals surface area (Å²) in [6.07, 6.45) is 7.11. The van der Waals surface area contributed by atoms with Gasteiger partial charge < -0.3 is 10.6 Å². The Hall–Kier alpha value is -0.830. The lowest BCUT2D eigenvalue weighted by molar-refractivity contribution is -0.127. The van der Waals surface area contributed by atoms with Crippen LogP contribution >= 0.6 is 0 Å². The molecule has 0 atom stereocenters. The van der Waals surface area contributed by atoms with E-state index in [0.29, 0.717) is 6.54 Å². The van der Waals surface area contributed by atoms with Crippen molar-refractivity contribution in [2.24, 2.45) is 5.73 Å². The predicted octanol–water partition coefficient (Wildman–Crippen LogP) is 3.10. The van der Waals surface area contributed by atoms with Crippen LogP contribution in [-0.4, -0.2) is 30.4 Å². The van der Waals surface area contributed by atoms with Crippen LogP contribution in [0.4, 0.5) is 0 Å². The quantitative estimate of drug-likeness (QED) is 0.455. The molecule has 0 aliphatic rings. The average Bonchev–Trinajstić information content (AvgIpc) is 2.38. The van der Waals surface area contributed by atoms with E-state index >= 15 is 0 Å². The highest BCUT2D eigenvalue weighted by Crippen LogP contribution is 2.10. The molecule has 0 heterocycles. The second-order valence-electron chi connectivity index (χ2n) is 4.85. The van der Waals surface area contributed by atoms with Crippen molar-refractivity contribution < 1.29 is 4.79 Å². The lowest BCUT2D eigenvalue weighted by Crippen LogP contribution is -2.33. The molecule has 0 aromatic heterocycles. The highest BCUT2D eigenvalue weighted by Gasteiger charge is 2.15. The summed E-state index contributed by atoms with van der Waals surface area (Å²) in [5, 5.41) is 0. The second-order valence-corrected chi connectivity index (χ2v) is 4.85. The standard InChI is InChI=1S/C15H30N2O/c1-4-6-12-17(13-7-5-2)15(18)14(3)10-8-9-11-16/h3-13,16H2,1-2H3. The van der Waals surface area contributed by atoms with E-state index in [9.17, 15) is 4.79 Å². The van der Waals surface area contributed by atoms with E-state index in [4.69, 9.17) is 5.73 Å². The van der Waals surface area contributed by atoms with Gasteiger partial charge in [0.15, 0.2) is 0 Å². The van der Waals surface area contributed by atoms with Gasteiger partial charge in [-0.05, 0) is 38.6 Å². The van der Waals surface area contributed by atoms with Crippen molar-refractivity contribution in [2.45, 2.75) is 58.8 Å². The third kappa shape index (κ3) is 7.49. The molecule has 3 nitrogen and oxygen atoms in total. The first kappa shape index (κ1) is 17.2. The largest absolute Gasteiger partial charge is 0.339 e. The molecule has 0 saturated heterocycles. The van der Waals surface area contributed by atoms with Crippen molar-refractivity contribution in [3.8, 4) is 0 Å². The Morgan fingerprint density at radius 2 is 1.61 bits per heavy atom. The second kappa shape index (κ2) is 11.3. The number of amides is 1. The minimum Gasteiger partial charge on any atom is -0.339 e. The number of carbonyl (C=O) groups excluding carboxylic acids is 1. The van der Waals surface area contributed by atoms with Crippen LogP contribution < -0.4 is 5.73 Å². The maximum atomic E-state index is 12.2. The summed E-state index contributed by atoms with van der Waals surface area (Å²) in [6, 6.07) is 0. The van der Waals surface area contributed by atoms with Gasteiger partial charge in [0.1, 0.15) is 0 Å². The Balaban J connectivity index is 4.19. The first-order valence-electron chi connectivity index (χ1n) is 7.34. The highest BCUT2D eigenvalue weighted by molar-refractivity contribution is 5.92. The fourth-order valence-electron chi connectivity index (χ4n) is 1.83. The highest BCUT2D eigenvalue weighted by atomic mass is 16.2. The lowest BCUT2D eigenvalue weighted by Gasteiger charge is -2.23. The van der Waals surface area contributed by atoms with Crippen LogP contribution in [0.25, 0.3) is 0 Å². The fraction of sp³-hybridized carbons (Fsp3) is 0.800. The van der Waals surface area contributed by atoms with E-state index in [0.717, 1.165) is 63.6 Å². The van der Waals surface area contributed by atoms with E-state index in [1.807, 2.05) is 4.90 Å². The molecule has 0 unspecified atom stereocenters. The number of nitrogens with zero attached hydrogens (tertiary/aromatic N) is 1. The molecular weight excluding hydrogens is 224 g/mol. The van der Waals surface area contributed by atoms with Crippen LogP contribution in [0.15, 0.2) is 12.2 Å². The zero-order valence-corrected chi connectivity index (χ0v) is 12.2.